The minimum Gasteiger partial charge on any atom is -0.348 e. The van der Waals surface area contributed by atoms with Crippen molar-refractivity contribution in [3.8, 4) is 0 Å². The van der Waals surface area contributed by atoms with Gasteiger partial charge in [0.15, 0.2) is 0 Å². The lowest BCUT2D eigenvalue weighted by Crippen LogP contribution is -2.45. The molecule has 4 N–H and O–H groups in total. The number of hydrogen-bond donors (Lipinski definition) is 3. The fourth-order valence-electron chi connectivity index (χ4n) is 3.84. The van der Waals surface area contributed by atoms with E-state index in [4.69, 9.17) is 5.73 Å². The van der Waals surface area contributed by atoms with Gasteiger partial charge >= 0.3 is 5.69 Å². The third kappa shape index (κ3) is 4.42. The fraction of sp³-hybridized carbons (Fsp3) is 0.526. The van der Waals surface area contributed by atoms with E-state index in [2.05, 4.69) is 10.3 Å². The molecule has 1 atom stereocenters. The molecule has 1 heterocycles. The van der Waals surface area contributed by atoms with Crippen LogP contribution < -0.4 is 22.3 Å². The minimum absolute atomic E-state index is 0. The van der Waals surface area contributed by atoms with E-state index in [1.54, 1.807) is 25.1 Å². The number of halogens is 1. The van der Waals surface area contributed by atoms with Crippen LogP contribution in [0.4, 0.5) is 0 Å². The van der Waals surface area contributed by atoms with Crippen LogP contribution >= 0.6 is 12.4 Å². The Morgan fingerprint density at radius 3 is 2.63 bits per heavy atom. The quantitative estimate of drug-likeness (QED) is 0.717. The van der Waals surface area contributed by atoms with E-state index in [9.17, 15) is 14.4 Å². The van der Waals surface area contributed by atoms with Crippen molar-refractivity contribution >= 4 is 29.2 Å². The van der Waals surface area contributed by atoms with E-state index in [-0.39, 0.29) is 29.9 Å². The van der Waals surface area contributed by atoms with Crippen LogP contribution in [0.1, 0.15) is 49.4 Å². The van der Waals surface area contributed by atoms with Crippen LogP contribution in [0.3, 0.4) is 0 Å². The van der Waals surface area contributed by atoms with Crippen LogP contribution in [0.5, 0.6) is 0 Å². The Bertz CT molecular complexity index is 915. The maximum atomic E-state index is 12.7. The number of carbonyl (C=O) groups excluding carboxylic acids is 1. The summed E-state index contributed by atoms with van der Waals surface area (Å²) in [6, 6.07) is 4.71. The van der Waals surface area contributed by atoms with Crippen molar-refractivity contribution in [1.29, 1.82) is 0 Å². The van der Waals surface area contributed by atoms with Gasteiger partial charge in [-0.25, -0.2) is 4.79 Å². The molecule has 0 spiro atoms. The summed E-state index contributed by atoms with van der Waals surface area (Å²) in [7, 11) is 0. The summed E-state index contributed by atoms with van der Waals surface area (Å²) in [4.78, 5) is 39.6. The molecule has 1 aliphatic rings. The molecule has 1 aromatic carbocycles. The number of aromatic nitrogens is 2. The van der Waals surface area contributed by atoms with E-state index in [0.717, 1.165) is 17.4 Å². The number of nitrogens with one attached hydrogen (secondary N) is 2. The van der Waals surface area contributed by atoms with Crippen LogP contribution in [0.15, 0.2) is 27.8 Å². The molecule has 0 saturated heterocycles. The molecule has 7 nitrogen and oxygen atoms in total. The van der Waals surface area contributed by atoms with Gasteiger partial charge < -0.3 is 16.0 Å². The molecule has 0 aliphatic heterocycles. The molecule has 1 aromatic heterocycles. The van der Waals surface area contributed by atoms with Crippen molar-refractivity contribution in [2.75, 3.05) is 6.54 Å². The topological polar surface area (TPSA) is 110 Å². The van der Waals surface area contributed by atoms with Crippen LogP contribution in [0.2, 0.25) is 0 Å². The highest BCUT2D eigenvalue weighted by atomic mass is 35.5. The summed E-state index contributed by atoms with van der Waals surface area (Å²) in [6.45, 7) is 2.44. The minimum atomic E-state index is -0.468. The molecular formula is C19H27ClN4O3. The lowest BCUT2D eigenvalue weighted by atomic mass is 9.84. The van der Waals surface area contributed by atoms with Gasteiger partial charge in [-0.3, -0.25) is 14.2 Å². The Kier molecular flexibility index (Phi) is 7.21. The Labute approximate surface area is 163 Å². The number of H-pyrrole nitrogens is 1. The van der Waals surface area contributed by atoms with Gasteiger partial charge in [0.25, 0.3) is 11.5 Å². The van der Waals surface area contributed by atoms with Gasteiger partial charge in [-0.1, -0.05) is 19.3 Å². The molecule has 1 fully saturated rings. The normalized spacial score (nSPS) is 15.9. The van der Waals surface area contributed by atoms with Crippen LogP contribution in [-0.2, 0) is 6.54 Å². The number of carbonyl (C=O) groups is 1. The van der Waals surface area contributed by atoms with Gasteiger partial charge in [-0.05, 0) is 43.9 Å². The van der Waals surface area contributed by atoms with Crippen molar-refractivity contribution in [3.05, 3.63) is 44.6 Å². The van der Waals surface area contributed by atoms with E-state index in [1.807, 2.05) is 0 Å². The van der Waals surface area contributed by atoms with E-state index in [1.165, 1.54) is 19.3 Å². The third-order valence-corrected chi connectivity index (χ3v) is 5.35. The molecule has 1 aliphatic carbocycles. The van der Waals surface area contributed by atoms with Crippen LogP contribution in [0.25, 0.3) is 10.9 Å². The van der Waals surface area contributed by atoms with E-state index >= 15 is 0 Å². The number of amides is 1. The van der Waals surface area contributed by atoms with Crippen molar-refractivity contribution in [2.45, 2.75) is 51.6 Å². The Morgan fingerprint density at radius 2 is 2.00 bits per heavy atom. The first-order valence-electron chi connectivity index (χ1n) is 9.33. The van der Waals surface area contributed by atoms with E-state index in [0.29, 0.717) is 35.5 Å². The first-order valence-corrected chi connectivity index (χ1v) is 9.33. The van der Waals surface area contributed by atoms with Gasteiger partial charge in [0.1, 0.15) is 0 Å². The summed E-state index contributed by atoms with van der Waals surface area (Å²) < 4.78 is 1.13. The summed E-state index contributed by atoms with van der Waals surface area (Å²) in [5.41, 5.74) is 5.86. The van der Waals surface area contributed by atoms with Crippen molar-refractivity contribution < 1.29 is 4.79 Å². The smallest absolute Gasteiger partial charge is 0.328 e. The van der Waals surface area contributed by atoms with Gasteiger partial charge in [0.2, 0.25) is 0 Å². The zero-order valence-corrected chi connectivity index (χ0v) is 16.3. The molecule has 8 heteroatoms. The highest BCUT2D eigenvalue weighted by Crippen LogP contribution is 2.26. The SMILES string of the molecule is CCn1c(=O)[nH]c2cc(C(=O)NC(CN)C3CCCCC3)ccc2c1=O.Cl. The Balaban J connectivity index is 0.00000261. The van der Waals surface area contributed by atoms with Gasteiger partial charge in [-0.15, -0.1) is 12.4 Å². The largest absolute Gasteiger partial charge is 0.348 e. The average molecular weight is 395 g/mol. The predicted molar refractivity (Wildman–Crippen MR) is 109 cm³/mol. The zero-order valence-electron chi connectivity index (χ0n) is 15.5. The van der Waals surface area contributed by atoms with Gasteiger partial charge in [0, 0.05) is 24.7 Å². The monoisotopic (exact) mass is 394 g/mol. The number of rotatable bonds is 5. The first-order chi connectivity index (χ1) is 12.5. The predicted octanol–water partition coefficient (Wildman–Crippen LogP) is 1.77. The summed E-state index contributed by atoms with van der Waals surface area (Å²) in [5.74, 6) is 0.183. The maximum Gasteiger partial charge on any atom is 0.328 e. The number of nitrogens with two attached hydrogens (primary N) is 1. The van der Waals surface area contributed by atoms with E-state index < -0.39 is 5.69 Å². The van der Waals surface area contributed by atoms with Crippen molar-refractivity contribution in [2.24, 2.45) is 11.7 Å². The summed E-state index contributed by atoms with van der Waals surface area (Å²) in [6.07, 6.45) is 5.78. The fourth-order valence-corrected chi connectivity index (χ4v) is 3.84. The third-order valence-electron chi connectivity index (χ3n) is 5.35. The molecule has 2 aromatic rings. The number of aromatic amines is 1. The average Bonchev–Trinajstić information content (AvgIpc) is 2.66. The number of benzene rings is 1. The van der Waals surface area contributed by atoms with Gasteiger partial charge in [0.05, 0.1) is 10.9 Å². The van der Waals surface area contributed by atoms with Crippen molar-refractivity contribution in [1.82, 2.24) is 14.9 Å². The van der Waals surface area contributed by atoms with Crippen LogP contribution in [0, 0.1) is 5.92 Å². The van der Waals surface area contributed by atoms with Crippen LogP contribution in [-0.4, -0.2) is 28.0 Å². The number of fused-ring (bicyclic) bond motifs is 1. The molecular weight excluding hydrogens is 368 g/mol. The first kappa shape index (κ1) is 21.2. The molecule has 27 heavy (non-hydrogen) atoms. The number of nitrogens with zero attached hydrogens (tertiary/aromatic N) is 1. The zero-order chi connectivity index (χ0) is 18.7. The Morgan fingerprint density at radius 1 is 1.30 bits per heavy atom. The highest BCUT2D eigenvalue weighted by Gasteiger charge is 2.24. The molecule has 1 saturated carbocycles. The molecule has 3 rings (SSSR count). The number of hydrogen-bond acceptors (Lipinski definition) is 4. The van der Waals surface area contributed by atoms with Gasteiger partial charge in [-0.2, -0.15) is 0 Å². The summed E-state index contributed by atoms with van der Waals surface area (Å²) in [5, 5.41) is 3.42. The second-order valence-electron chi connectivity index (χ2n) is 6.95. The molecule has 0 bridgehead atoms. The summed E-state index contributed by atoms with van der Waals surface area (Å²) >= 11 is 0. The second-order valence-corrected chi connectivity index (χ2v) is 6.95. The molecule has 1 unspecified atom stereocenters. The second kappa shape index (κ2) is 9.19. The van der Waals surface area contributed by atoms with Crippen molar-refractivity contribution in [3.63, 3.8) is 0 Å². The maximum absolute atomic E-state index is 12.7. The lowest BCUT2D eigenvalue weighted by Gasteiger charge is -2.30. The molecule has 0 radical (unpaired) electrons. The molecule has 1 amide bonds. The highest BCUT2D eigenvalue weighted by molar-refractivity contribution is 5.97. The lowest BCUT2D eigenvalue weighted by molar-refractivity contribution is 0.0915. The standard InChI is InChI=1S/C19H26N4O3.ClH/c1-2-23-18(25)14-9-8-13(10-15(14)22-19(23)26)17(24)21-16(11-20)12-6-4-3-5-7-12;/h8-10,12,16H,2-7,11,20H2,1H3,(H,21,24)(H,22,26);1H. The molecule has 148 valence electrons. The Hall–Kier alpha value is -2.12.